The third-order valence-corrected chi connectivity index (χ3v) is 3.08. The quantitative estimate of drug-likeness (QED) is 0.734. The van der Waals surface area contributed by atoms with Crippen LogP contribution in [-0.2, 0) is 0 Å². The first-order valence-electron chi connectivity index (χ1n) is 4.56. The van der Waals surface area contributed by atoms with Crippen molar-refractivity contribution in [3.63, 3.8) is 0 Å². The van der Waals surface area contributed by atoms with Crippen molar-refractivity contribution < 1.29 is 10.0 Å². The third-order valence-electron chi connectivity index (χ3n) is 2.11. The van der Waals surface area contributed by atoms with Gasteiger partial charge in [-0.3, -0.25) is 0 Å². The van der Waals surface area contributed by atoms with E-state index < -0.39 is 7.12 Å². The van der Waals surface area contributed by atoms with Crippen LogP contribution in [0.3, 0.4) is 0 Å². The van der Waals surface area contributed by atoms with Crippen LogP contribution in [0.2, 0.25) is 0 Å². The van der Waals surface area contributed by atoms with Crippen molar-refractivity contribution in [1.29, 1.82) is 0 Å². The van der Waals surface area contributed by atoms with E-state index in [4.69, 9.17) is 10.0 Å². The van der Waals surface area contributed by atoms with Crippen LogP contribution in [0.25, 0.3) is 10.4 Å². The van der Waals surface area contributed by atoms with Gasteiger partial charge in [-0.2, -0.15) is 0 Å². The lowest BCUT2D eigenvalue weighted by atomic mass is 9.80. The Bertz CT molecular complexity index is 453. The van der Waals surface area contributed by atoms with Crippen LogP contribution in [-0.4, -0.2) is 22.2 Å². The summed E-state index contributed by atoms with van der Waals surface area (Å²) in [6.45, 7) is 1.96. The van der Waals surface area contributed by atoms with Crippen molar-refractivity contribution in [2.75, 3.05) is 0 Å². The summed E-state index contributed by atoms with van der Waals surface area (Å²) in [5.74, 6) is 0. The lowest BCUT2D eigenvalue weighted by Crippen LogP contribution is -2.29. The van der Waals surface area contributed by atoms with E-state index in [1.807, 2.05) is 25.3 Å². The molecule has 2 rings (SSSR count). The molecule has 1 aromatic carbocycles. The van der Waals surface area contributed by atoms with Crippen molar-refractivity contribution in [2.45, 2.75) is 6.92 Å². The first-order chi connectivity index (χ1) is 7.16. The maximum absolute atomic E-state index is 8.94. The van der Waals surface area contributed by atoms with Crippen LogP contribution in [0.15, 0.2) is 30.5 Å². The first-order valence-corrected chi connectivity index (χ1v) is 5.37. The highest BCUT2D eigenvalue weighted by molar-refractivity contribution is 7.15. The molecular weight excluding hydrogens is 209 g/mol. The predicted octanol–water partition coefficient (Wildman–Crippen LogP) is 0.798. The zero-order valence-corrected chi connectivity index (χ0v) is 9.03. The van der Waals surface area contributed by atoms with Crippen LogP contribution in [0.5, 0.6) is 0 Å². The summed E-state index contributed by atoms with van der Waals surface area (Å²) < 4.78 is 0. The summed E-state index contributed by atoms with van der Waals surface area (Å²) in [5, 5.41) is 18.9. The molecule has 0 aliphatic heterocycles. The molecule has 76 valence electrons. The maximum Gasteiger partial charge on any atom is 0.488 e. The van der Waals surface area contributed by atoms with Gasteiger partial charge in [0, 0.05) is 6.20 Å². The Kier molecular flexibility index (Phi) is 2.86. The normalized spacial score (nSPS) is 10.3. The second-order valence-corrected chi connectivity index (χ2v) is 4.47. The number of benzene rings is 1. The number of hydrogen-bond donors (Lipinski definition) is 2. The fourth-order valence-corrected chi connectivity index (χ4v) is 2.10. The summed E-state index contributed by atoms with van der Waals surface area (Å²) >= 11 is 1.62. The Labute approximate surface area is 92.2 Å². The molecule has 0 unspecified atom stereocenters. The zero-order chi connectivity index (χ0) is 10.8. The van der Waals surface area contributed by atoms with Gasteiger partial charge < -0.3 is 10.0 Å². The van der Waals surface area contributed by atoms with Gasteiger partial charge >= 0.3 is 7.12 Å². The fourth-order valence-electron chi connectivity index (χ4n) is 1.31. The van der Waals surface area contributed by atoms with Crippen molar-refractivity contribution in [1.82, 2.24) is 4.98 Å². The molecule has 2 N–H and O–H groups in total. The minimum Gasteiger partial charge on any atom is -0.423 e. The number of aryl methyl sites for hydroxylation is 1. The Hall–Kier alpha value is -1.17. The van der Waals surface area contributed by atoms with Crippen molar-refractivity contribution in [3.05, 3.63) is 35.5 Å². The van der Waals surface area contributed by atoms with E-state index >= 15 is 0 Å². The molecule has 0 fully saturated rings. The van der Waals surface area contributed by atoms with Gasteiger partial charge in [-0.1, -0.05) is 24.3 Å². The summed E-state index contributed by atoms with van der Waals surface area (Å²) in [6, 6.07) is 7.13. The van der Waals surface area contributed by atoms with E-state index in [2.05, 4.69) is 4.98 Å². The SMILES string of the molecule is Cc1ncc(-c2ccc(B(O)O)cc2)s1. The smallest absolute Gasteiger partial charge is 0.423 e. The molecule has 0 atom stereocenters. The first kappa shape index (κ1) is 10.4. The Morgan fingerprint density at radius 2 is 1.87 bits per heavy atom. The Morgan fingerprint density at radius 3 is 2.33 bits per heavy atom. The van der Waals surface area contributed by atoms with Crippen LogP contribution in [0, 0.1) is 6.92 Å². The van der Waals surface area contributed by atoms with Gasteiger partial charge in [0.25, 0.3) is 0 Å². The number of thiazole rings is 1. The molecule has 15 heavy (non-hydrogen) atoms. The van der Waals surface area contributed by atoms with Gasteiger partial charge in [0.1, 0.15) is 0 Å². The largest absolute Gasteiger partial charge is 0.488 e. The highest BCUT2D eigenvalue weighted by Crippen LogP contribution is 2.24. The number of hydrogen-bond acceptors (Lipinski definition) is 4. The van der Waals surface area contributed by atoms with Gasteiger partial charge in [0.15, 0.2) is 0 Å². The van der Waals surface area contributed by atoms with Gasteiger partial charge in [0.05, 0.1) is 9.88 Å². The second kappa shape index (κ2) is 4.14. The molecule has 0 bridgehead atoms. The van der Waals surface area contributed by atoms with E-state index in [9.17, 15) is 0 Å². The fraction of sp³-hybridized carbons (Fsp3) is 0.100. The second-order valence-electron chi connectivity index (χ2n) is 3.24. The van der Waals surface area contributed by atoms with Gasteiger partial charge in [0.2, 0.25) is 0 Å². The van der Waals surface area contributed by atoms with Gasteiger partial charge in [-0.15, -0.1) is 11.3 Å². The van der Waals surface area contributed by atoms with Crippen LogP contribution in [0.1, 0.15) is 5.01 Å². The molecule has 0 saturated heterocycles. The molecule has 0 aliphatic rings. The van der Waals surface area contributed by atoms with Crippen molar-refractivity contribution >= 4 is 23.9 Å². The van der Waals surface area contributed by atoms with Gasteiger partial charge in [-0.05, 0) is 17.9 Å². The van der Waals surface area contributed by atoms with Crippen molar-refractivity contribution in [2.24, 2.45) is 0 Å². The van der Waals surface area contributed by atoms with E-state index in [0.29, 0.717) is 5.46 Å². The van der Waals surface area contributed by atoms with Crippen LogP contribution in [0.4, 0.5) is 0 Å². The molecule has 0 aliphatic carbocycles. The van der Waals surface area contributed by atoms with E-state index in [1.165, 1.54) is 0 Å². The molecular formula is C10H10BNO2S. The van der Waals surface area contributed by atoms with E-state index in [-0.39, 0.29) is 0 Å². The lowest BCUT2D eigenvalue weighted by Gasteiger charge is -2.00. The van der Waals surface area contributed by atoms with Crippen LogP contribution < -0.4 is 5.46 Å². The molecule has 1 heterocycles. The minimum atomic E-state index is -1.40. The Morgan fingerprint density at radius 1 is 1.20 bits per heavy atom. The van der Waals surface area contributed by atoms with E-state index in [1.54, 1.807) is 23.5 Å². The molecule has 0 spiro atoms. The topological polar surface area (TPSA) is 53.4 Å². The summed E-state index contributed by atoms with van der Waals surface area (Å²) in [5.41, 5.74) is 1.55. The van der Waals surface area contributed by atoms with E-state index in [0.717, 1.165) is 15.4 Å². The zero-order valence-electron chi connectivity index (χ0n) is 8.21. The highest BCUT2D eigenvalue weighted by atomic mass is 32.1. The molecule has 2 aromatic rings. The van der Waals surface area contributed by atoms with Crippen molar-refractivity contribution in [3.8, 4) is 10.4 Å². The Balaban J connectivity index is 2.31. The van der Waals surface area contributed by atoms with Crippen LogP contribution >= 0.6 is 11.3 Å². The van der Waals surface area contributed by atoms with Gasteiger partial charge in [-0.25, -0.2) is 4.98 Å². The summed E-state index contributed by atoms with van der Waals surface area (Å²) in [4.78, 5) is 5.26. The summed E-state index contributed by atoms with van der Waals surface area (Å²) in [6.07, 6.45) is 1.82. The molecule has 0 saturated carbocycles. The average Bonchev–Trinajstić information content (AvgIpc) is 2.65. The predicted molar refractivity (Wildman–Crippen MR) is 62.1 cm³/mol. The molecule has 1 aromatic heterocycles. The standard InChI is InChI=1S/C10H10BNO2S/c1-7-12-6-10(15-7)8-2-4-9(5-3-8)11(13)14/h2-6,13-14H,1H3. The third kappa shape index (κ3) is 2.26. The lowest BCUT2D eigenvalue weighted by molar-refractivity contribution is 0.426. The average molecular weight is 219 g/mol. The molecule has 0 radical (unpaired) electrons. The summed E-state index contributed by atoms with van der Waals surface area (Å²) in [7, 11) is -1.40. The number of rotatable bonds is 2. The molecule has 0 amide bonds. The highest BCUT2D eigenvalue weighted by Gasteiger charge is 2.10. The number of nitrogens with zero attached hydrogens (tertiary/aromatic N) is 1. The molecule has 5 heteroatoms. The minimum absolute atomic E-state index is 0.500. The molecule has 3 nitrogen and oxygen atoms in total. The number of aromatic nitrogens is 1. The monoisotopic (exact) mass is 219 g/mol. The maximum atomic E-state index is 8.94.